The first-order valence-corrected chi connectivity index (χ1v) is 5.47. The number of rotatable bonds is 1. The summed E-state index contributed by atoms with van der Waals surface area (Å²) in [5.41, 5.74) is 0. The Morgan fingerprint density at radius 2 is 1.47 bits per heavy atom. The molecule has 8 heteroatoms. The zero-order chi connectivity index (χ0) is 12.3. The molecule has 0 saturated carbocycles. The van der Waals surface area contributed by atoms with Crippen molar-refractivity contribution in [1.29, 1.82) is 0 Å². The quantitative estimate of drug-likeness (QED) is 0.541. The minimum Gasteiger partial charge on any atom is -0.264 e. The van der Waals surface area contributed by atoms with E-state index in [1.165, 1.54) is 0 Å². The molecule has 0 fully saturated rings. The van der Waals surface area contributed by atoms with Gasteiger partial charge in [-0.2, -0.15) is 12.6 Å². The fraction of sp³-hybridized carbons (Fsp3) is 0.286. The first kappa shape index (κ1) is 16.5. The lowest BCUT2D eigenvalue weighted by molar-refractivity contribution is -0.693. The molecule has 0 amide bonds. The van der Waals surface area contributed by atoms with Crippen LogP contribution in [0.3, 0.4) is 0 Å². The molecule has 86 valence electrons. The van der Waals surface area contributed by atoms with Gasteiger partial charge < -0.3 is 0 Å². The third-order valence-corrected chi connectivity index (χ3v) is 1.14. The maximum atomic E-state index is 8.74. The molecule has 2 N–H and O–H groups in total. The molecule has 0 aromatic carbocycles. The molecule has 15 heavy (non-hydrogen) atoms. The van der Waals surface area contributed by atoms with Crippen molar-refractivity contribution in [1.82, 2.24) is 0 Å². The van der Waals surface area contributed by atoms with Crippen LogP contribution in [0.5, 0.6) is 0 Å². The molecule has 0 aliphatic carbocycles. The molecule has 0 spiro atoms. The second-order valence-electron chi connectivity index (χ2n) is 2.15. The molecule has 0 aliphatic rings. The van der Waals surface area contributed by atoms with Crippen LogP contribution in [0.15, 0.2) is 30.6 Å². The first-order chi connectivity index (χ1) is 6.93. The third-order valence-electron chi connectivity index (χ3n) is 1.14. The number of aryl methyl sites for hydroxylation is 1. The largest absolute Gasteiger partial charge is 0.394 e. The lowest BCUT2D eigenvalue weighted by Gasteiger charge is -1.84. The van der Waals surface area contributed by atoms with E-state index < -0.39 is 10.4 Å². The molecule has 0 unspecified atom stereocenters. The van der Waals surface area contributed by atoms with Gasteiger partial charge in [0.2, 0.25) is 0 Å². The van der Waals surface area contributed by atoms with E-state index >= 15 is 0 Å². The lowest BCUT2D eigenvalue weighted by Crippen LogP contribution is -2.30. The van der Waals surface area contributed by atoms with Gasteiger partial charge in [-0.25, -0.2) is 4.57 Å². The minimum atomic E-state index is -4.67. The summed E-state index contributed by atoms with van der Waals surface area (Å²) in [6.07, 6.45) is 4.11. The Morgan fingerprint density at radius 1 is 1.13 bits per heavy atom. The van der Waals surface area contributed by atoms with Gasteiger partial charge in [0.05, 0.1) is 0 Å². The molecule has 1 aromatic rings. The highest BCUT2D eigenvalue weighted by molar-refractivity contribution is 7.79. The van der Waals surface area contributed by atoms with Crippen molar-refractivity contribution in [3.63, 3.8) is 0 Å². The van der Waals surface area contributed by atoms with E-state index in [1.54, 1.807) is 0 Å². The predicted molar refractivity (Wildman–Crippen MR) is 54.6 cm³/mol. The van der Waals surface area contributed by atoms with Gasteiger partial charge in [-0.15, -0.1) is 0 Å². The SMILES string of the molecule is CC[n+]1ccccc1.O=S.O=S(=O)(O)O. The molecule has 0 aliphatic heterocycles. The van der Waals surface area contributed by atoms with Crippen molar-refractivity contribution < 1.29 is 26.3 Å². The number of hydrogen-bond acceptors (Lipinski definition) is 4. The van der Waals surface area contributed by atoms with Crippen molar-refractivity contribution in [2.45, 2.75) is 13.5 Å². The van der Waals surface area contributed by atoms with E-state index in [0.717, 1.165) is 6.54 Å². The van der Waals surface area contributed by atoms with E-state index in [2.05, 4.69) is 36.4 Å². The number of pyridine rings is 1. The molecule has 6 nitrogen and oxygen atoms in total. The van der Waals surface area contributed by atoms with E-state index in [1.807, 2.05) is 18.2 Å². The molecule has 0 atom stereocenters. The zero-order valence-electron chi connectivity index (χ0n) is 7.98. The Hall–Kier alpha value is -0.960. The van der Waals surface area contributed by atoms with Gasteiger partial charge in [0, 0.05) is 12.1 Å². The second-order valence-corrected chi connectivity index (χ2v) is 3.05. The lowest BCUT2D eigenvalue weighted by atomic mass is 10.5. The van der Waals surface area contributed by atoms with Gasteiger partial charge in [0.25, 0.3) is 0 Å². The van der Waals surface area contributed by atoms with Crippen molar-refractivity contribution >= 4 is 22.9 Å². The summed E-state index contributed by atoms with van der Waals surface area (Å²) in [6, 6.07) is 6.08. The maximum absolute atomic E-state index is 8.74. The number of aromatic nitrogens is 1. The van der Waals surface area contributed by atoms with E-state index in [-0.39, 0.29) is 0 Å². The van der Waals surface area contributed by atoms with Crippen LogP contribution in [-0.2, 0) is 29.5 Å². The van der Waals surface area contributed by atoms with Gasteiger partial charge in [-0.05, 0) is 6.92 Å². The summed E-state index contributed by atoms with van der Waals surface area (Å²) in [6.45, 7) is 3.18. The van der Waals surface area contributed by atoms with Gasteiger partial charge in [-0.1, -0.05) is 6.07 Å². The zero-order valence-corrected chi connectivity index (χ0v) is 9.61. The molecule has 1 heterocycles. The van der Waals surface area contributed by atoms with Crippen LogP contribution in [0.25, 0.3) is 0 Å². The van der Waals surface area contributed by atoms with Crippen molar-refractivity contribution in [2.24, 2.45) is 0 Å². The maximum Gasteiger partial charge on any atom is 0.394 e. The summed E-state index contributed by atoms with van der Waals surface area (Å²) < 4.78 is 41.5. The van der Waals surface area contributed by atoms with Crippen LogP contribution >= 0.6 is 0 Å². The highest BCUT2D eigenvalue weighted by Gasteiger charge is 1.86. The van der Waals surface area contributed by atoms with Crippen LogP contribution in [0.4, 0.5) is 0 Å². The summed E-state index contributed by atoms with van der Waals surface area (Å²) in [5.74, 6) is 0. The predicted octanol–water partition coefficient (Wildman–Crippen LogP) is 0.00490. The Labute approximate surface area is 93.7 Å². The molecule has 0 radical (unpaired) electrons. The van der Waals surface area contributed by atoms with Crippen LogP contribution in [0.1, 0.15) is 6.92 Å². The summed E-state index contributed by atoms with van der Waals surface area (Å²) in [7, 11) is -4.67. The average molecular weight is 254 g/mol. The highest BCUT2D eigenvalue weighted by Crippen LogP contribution is 1.74. The van der Waals surface area contributed by atoms with Crippen LogP contribution in [0, 0.1) is 0 Å². The first-order valence-electron chi connectivity index (χ1n) is 3.74. The number of nitrogens with zero attached hydrogens (tertiary/aromatic N) is 1. The minimum absolute atomic E-state index is 1.06. The van der Waals surface area contributed by atoms with Gasteiger partial charge >= 0.3 is 10.4 Å². The van der Waals surface area contributed by atoms with Gasteiger partial charge in [0.15, 0.2) is 24.9 Å². The van der Waals surface area contributed by atoms with E-state index in [4.69, 9.17) is 21.7 Å². The fourth-order valence-electron chi connectivity index (χ4n) is 0.645. The molecule has 1 rings (SSSR count). The number of hydrogen-bond donors (Lipinski definition) is 2. The van der Waals surface area contributed by atoms with Crippen molar-refractivity contribution in [2.75, 3.05) is 0 Å². The molecule has 0 saturated heterocycles. The normalized spacial score (nSPS) is 9.00. The van der Waals surface area contributed by atoms with E-state index in [9.17, 15) is 0 Å². The van der Waals surface area contributed by atoms with E-state index in [0.29, 0.717) is 0 Å². The monoisotopic (exact) mass is 254 g/mol. The van der Waals surface area contributed by atoms with Gasteiger partial charge in [0.1, 0.15) is 6.54 Å². The molecular weight excluding hydrogens is 242 g/mol. The third kappa shape index (κ3) is 19.4. The fourth-order valence-corrected chi connectivity index (χ4v) is 0.645. The molecular formula is C7H12NO5S2+. The smallest absolute Gasteiger partial charge is 0.264 e. The van der Waals surface area contributed by atoms with Crippen LogP contribution in [0.2, 0.25) is 0 Å². The van der Waals surface area contributed by atoms with Crippen LogP contribution < -0.4 is 4.57 Å². The summed E-state index contributed by atoms with van der Waals surface area (Å²) >= 11 is 2.83. The van der Waals surface area contributed by atoms with Gasteiger partial charge in [-0.3, -0.25) is 9.11 Å². The molecule has 1 aromatic heterocycles. The van der Waals surface area contributed by atoms with Crippen molar-refractivity contribution in [3.05, 3.63) is 30.6 Å². The standard InChI is InChI=1S/C7H10N.H2O4S.OS/c1-2-8-6-4-3-5-7-8;1-5(2,3)4;1-2/h3-7H,2H2,1H3;(H2,1,2,3,4);/q+1;;. The summed E-state index contributed by atoms with van der Waals surface area (Å²) in [4.78, 5) is 0. The topological polar surface area (TPSA) is 95.5 Å². The Balaban J connectivity index is 0. The Morgan fingerprint density at radius 3 is 1.67 bits per heavy atom. The average Bonchev–Trinajstić information content (AvgIpc) is 2.20. The van der Waals surface area contributed by atoms with Crippen LogP contribution in [-0.4, -0.2) is 21.7 Å². The second kappa shape index (κ2) is 9.59. The highest BCUT2D eigenvalue weighted by atomic mass is 32.3. The van der Waals surface area contributed by atoms with Crippen molar-refractivity contribution in [3.8, 4) is 0 Å². The Bertz CT molecular complexity index is 332. The Kier molecular flexibility index (Phi) is 10.5. The molecule has 0 bridgehead atoms. The summed E-state index contributed by atoms with van der Waals surface area (Å²) in [5, 5.41) is 0.